The van der Waals surface area contributed by atoms with Crippen molar-refractivity contribution in [2.24, 2.45) is 0 Å². The fourth-order valence-electron chi connectivity index (χ4n) is 4.02. The second-order valence-corrected chi connectivity index (χ2v) is 8.86. The number of halogens is 1. The number of carboxylic acids is 2. The standard InChI is InChI=1S/C15H15NO2.C14H12FNO2.C4H10N.Li/c1-11-7-6-10-13(14(11)15(17)18)16(2)12-8-4-3-5-9-12;1-16(10-6-3-2-4-7-10)12-9-5-8-11(15)13(12)14(17)18;1-3-5-4-2;/h3-10H,1-2H3,(H,17,18);2-9H,1H3,(H,17,18);3-4H2,1-2H3;/q;;-1;+1. The van der Waals surface area contributed by atoms with Gasteiger partial charge in [-0.2, -0.15) is 13.1 Å². The van der Waals surface area contributed by atoms with Gasteiger partial charge in [0.05, 0.1) is 16.9 Å². The average Bonchev–Trinajstić information content (AvgIpc) is 2.97. The number of benzene rings is 4. The second kappa shape index (κ2) is 18.4. The summed E-state index contributed by atoms with van der Waals surface area (Å²) in [6.07, 6.45) is 0. The van der Waals surface area contributed by atoms with E-state index in [4.69, 9.17) is 5.11 Å². The van der Waals surface area contributed by atoms with E-state index in [1.165, 1.54) is 6.07 Å². The first-order chi connectivity index (χ1) is 19.6. The van der Waals surface area contributed by atoms with Crippen LogP contribution in [0.25, 0.3) is 5.32 Å². The van der Waals surface area contributed by atoms with Crippen LogP contribution in [0.5, 0.6) is 0 Å². The Labute approximate surface area is 259 Å². The predicted molar refractivity (Wildman–Crippen MR) is 165 cm³/mol. The minimum Gasteiger partial charge on any atom is -0.663 e. The Morgan fingerprint density at radius 2 is 1.07 bits per heavy atom. The molecule has 216 valence electrons. The summed E-state index contributed by atoms with van der Waals surface area (Å²) in [4.78, 5) is 26.0. The van der Waals surface area contributed by atoms with E-state index >= 15 is 0 Å². The van der Waals surface area contributed by atoms with E-state index in [0.29, 0.717) is 16.9 Å². The molecule has 0 aliphatic carbocycles. The average molecular weight is 566 g/mol. The summed E-state index contributed by atoms with van der Waals surface area (Å²) in [5.74, 6) is -2.90. The van der Waals surface area contributed by atoms with E-state index in [1.807, 2.05) is 112 Å². The number of anilines is 4. The summed E-state index contributed by atoms with van der Waals surface area (Å²) >= 11 is 0. The van der Waals surface area contributed by atoms with Crippen LogP contribution in [0.4, 0.5) is 27.1 Å². The number of carboxylic acid groups (broad SMARTS) is 2. The van der Waals surface area contributed by atoms with Crippen LogP contribution in [0, 0.1) is 12.7 Å². The van der Waals surface area contributed by atoms with Gasteiger partial charge in [0.25, 0.3) is 0 Å². The molecule has 0 aliphatic heterocycles. The molecule has 42 heavy (non-hydrogen) atoms. The number of hydrogen-bond acceptors (Lipinski definition) is 4. The minimum atomic E-state index is -1.27. The van der Waals surface area contributed by atoms with Crippen molar-refractivity contribution in [1.82, 2.24) is 0 Å². The van der Waals surface area contributed by atoms with Crippen LogP contribution in [0.15, 0.2) is 97.1 Å². The van der Waals surface area contributed by atoms with E-state index in [2.05, 4.69) is 5.32 Å². The molecule has 2 N–H and O–H groups in total. The molecule has 0 aromatic heterocycles. The summed E-state index contributed by atoms with van der Waals surface area (Å²) in [6.45, 7) is 7.84. The van der Waals surface area contributed by atoms with Gasteiger partial charge >= 0.3 is 30.8 Å². The molecule has 0 aliphatic rings. The number of carbonyl (C=O) groups is 2. The summed E-state index contributed by atoms with van der Waals surface area (Å²) in [7, 11) is 3.58. The molecule has 0 fully saturated rings. The SMILES string of the molecule is CC[N-]CC.CN(c1ccccc1)c1cccc(F)c1C(=O)O.Cc1cccc(N(C)c2ccccc2)c1C(=O)O.[Li+]. The van der Waals surface area contributed by atoms with Crippen molar-refractivity contribution in [1.29, 1.82) is 0 Å². The van der Waals surface area contributed by atoms with Crippen LogP contribution in [0.2, 0.25) is 0 Å². The molecule has 0 amide bonds. The van der Waals surface area contributed by atoms with Gasteiger partial charge in [-0.3, -0.25) is 0 Å². The van der Waals surface area contributed by atoms with Gasteiger partial charge in [-0.15, -0.1) is 0 Å². The van der Waals surface area contributed by atoms with E-state index in [9.17, 15) is 19.1 Å². The normalized spacial score (nSPS) is 9.67. The molecule has 0 heterocycles. The third-order valence-electron chi connectivity index (χ3n) is 6.13. The zero-order chi connectivity index (χ0) is 30.4. The van der Waals surface area contributed by atoms with Crippen molar-refractivity contribution in [3.05, 3.63) is 125 Å². The number of rotatable bonds is 8. The molecule has 4 aromatic rings. The number of hydrogen-bond donors (Lipinski definition) is 2. The Balaban J connectivity index is 0.000000355. The third kappa shape index (κ3) is 10.1. The largest absolute Gasteiger partial charge is 1.00 e. The van der Waals surface area contributed by atoms with Crippen LogP contribution in [0.3, 0.4) is 0 Å². The van der Waals surface area contributed by atoms with Crippen molar-refractivity contribution < 1.29 is 43.1 Å². The number of aryl methyl sites for hydroxylation is 1. The summed E-state index contributed by atoms with van der Waals surface area (Å²) in [5, 5.41) is 22.4. The van der Waals surface area contributed by atoms with Crippen LogP contribution < -0.4 is 28.7 Å². The van der Waals surface area contributed by atoms with E-state index in [-0.39, 0.29) is 24.4 Å². The monoisotopic (exact) mass is 565 g/mol. The maximum Gasteiger partial charge on any atom is 1.00 e. The molecular formula is C33H37FLiN3O4. The van der Waals surface area contributed by atoms with E-state index < -0.39 is 17.8 Å². The maximum atomic E-state index is 13.6. The van der Waals surface area contributed by atoms with Gasteiger partial charge in [0.2, 0.25) is 0 Å². The van der Waals surface area contributed by atoms with Crippen molar-refractivity contribution >= 4 is 34.7 Å². The number of nitrogens with zero attached hydrogens (tertiary/aromatic N) is 3. The van der Waals surface area contributed by atoms with Crippen LogP contribution >= 0.6 is 0 Å². The maximum absolute atomic E-state index is 13.6. The summed E-state index contributed by atoms with van der Waals surface area (Å²) in [5.41, 5.74) is 3.59. The quantitative estimate of drug-likeness (QED) is 0.287. The van der Waals surface area contributed by atoms with Gasteiger partial charge in [0, 0.05) is 25.5 Å². The fraction of sp³-hybridized carbons (Fsp3) is 0.212. The predicted octanol–water partition coefficient (Wildman–Crippen LogP) is 5.16. The van der Waals surface area contributed by atoms with Gasteiger partial charge in [0.15, 0.2) is 0 Å². The molecule has 7 nitrogen and oxygen atoms in total. The van der Waals surface area contributed by atoms with E-state index in [1.54, 1.807) is 18.0 Å². The van der Waals surface area contributed by atoms with Crippen LogP contribution in [-0.4, -0.2) is 49.3 Å². The first-order valence-electron chi connectivity index (χ1n) is 13.2. The molecule has 0 saturated carbocycles. The van der Waals surface area contributed by atoms with E-state index in [0.717, 1.165) is 36.1 Å². The number of aromatic carboxylic acids is 2. The number of para-hydroxylation sites is 2. The molecule has 0 radical (unpaired) electrons. The first kappa shape index (κ1) is 35.9. The Bertz CT molecular complexity index is 1300. The van der Waals surface area contributed by atoms with Crippen molar-refractivity contribution in [3.8, 4) is 0 Å². The minimum absolute atomic E-state index is 0. The fourth-order valence-corrected chi connectivity index (χ4v) is 4.02. The Hall–Kier alpha value is -4.09. The zero-order valence-electron chi connectivity index (χ0n) is 25.1. The van der Waals surface area contributed by atoms with Gasteiger partial charge in [-0.1, -0.05) is 68.4 Å². The Kier molecular flexibility index (Phi) is 15.7. The second-order valence-electron chi connectivity index (χ2n) is 8.86. The Morgan fingerprint density at radius 1 is 0.667 bits per heavy atom. The van der Waals surface area contributed by atoms with Crippen molar-refractivity contribution in [3.63, 3.8) is 0 Å². The van der Waals surface area contributed by atoms with Crippen molar-refractivity contribution in [2.75, 3.05) is 37.0 Å². The Morgan fingerprint density at radius 3 is 1.45 bits per heavy atom. The topological polar surface area (TPSA) is 95.2 Å². The first-order valence-corrected chi connectivity index (χ1v) is 13.2. The third-order valence-corrected chi connectivity index (χ3v) is 6.13. The van der Waals surface area contributed by atoms with Gasteiger partial charge < -0.3 is 25.3 Å². The molecular weight excluding hydrogens is 528 g/mol. The molecule has 9 heteroatoms. The summed E-state index contributed by atoms with van der Waals surface area (Å²) in [6, 6.07) is 28.6. The van der Waals surface area contributed by atoms with Gasteiger partial charge in [-0.25, -0.2) is 14.0 Å². The molecule has 0 saturated heterocycles. The van der Waals surface area contributed by atoms with Crippen molar-refractivity contribution in [2.45, 2.75) is 20.8 Å². The smallest absolute Gasteiger partial charge is 0.663 e. The van der Waals surface area contributed by atoms with Gasteiger partial charge in [-0.05, 0) is 55.0 Å². The molecule has 0 atom stereocenters. The molecule has 0 unspecified atom stereocenters. The molecule has 0 spiro atoms. The van der Waals surface area contributed by atoms with Gasteiger partial charge in [0.1, 0.15) is 11.4 Å². The molecule has 4 aromatic carbocycles. The summed E-state index contributed by atoms with van der Waals surface area (Å²) < 4.78 is 13.6. The molecule has 0 bridgehead atoms. The van der Waals surface area contributed by atoms with Crippen LogP contribution in [-0.2, 0) is 0 Å². The zero-order valence-corrected chi connectivity index (χ0v) is 25.1. The molecule has 4 rings (SSSR count). The van der Waals surface area contributed by atoms with Crippen LogP contribution in [0.1, 0.15) is 40.1 Å².